The van der Waals surface area contributed by atoms with E-state index in [1.54, 1.807) is 5.32 Å². The minimum absolute atomic E-state index is 0.895. The predicted octanol–water partition coefficient (Wildman–Crippen LogP) is 3.53. The summed E-state index contributed by atoms with van der Waals surface area (Å²) in [5, 5.41) is 0.850. The molecule has 1 amide bonds. The van der Waals surface area contributed by atoms with Crippen LogP contribution in [-0.2, 0) is 10.7 Å². The van der Waals surface area contributed by atoms with E-state index in [9.17, 15) is 26.7 Å². The van der Waals surface area contributed by atoms with Crippen molar-refractivity contribution in [1.82, 2.24) is 15.0 Å². The molecule has 1 heterocycles. The second-order valence-electron chi connectivity index (χ2n) is 4.95. The molecule has 0 spiro atoms. The van der Waals surface area contributed by atoms with Gasteiger partial charge in [0.05, 0.1) is 0 Å². The van der Waals surface area contributed by atoms with Crippen molar-refractivity contribution in [2.75, 3.05) is 5.32 Å². The lowest BCUT2D eigenvalue weighted by molar-refractivity contribution is -0.292. The summed E-state index contributed by atoms with van der Waals surface area (Å²) in [4.78, 5) is 20.2. The Bertz CT molecular complexity index is 573. The maximum Gasteiger partial charge on any atom is 0.461 e. The molecule has 1 aromatic rings. The first kappa shape index (κ1) is 18.3. The third-order valence-corrected chi connectivity index (χ3v) is 2.03. The maximum absolute atomic E-state index is 13.2. The molecule has 0 saturated carbocycles. The number of rotatable bonds is 2. The molecule has 1 N–H and O–H groups in total. The topological polar surface area (TPSA) is 77.0 Å². The number of nitrogens with zero attached hydrogens (tertiary/aromatic N) is 3. The van der Waals surface area contributed by atoms with Crippen LogP contribution in [0.25, 0.3) is 0 Å². The highest BCUT2D eigenvalue weighted by Crippen LogP contribution is 2.42. The summed E-state index contributed by atoms with van der Waals surface area (Å²) in [6.45, 7) is 4.53. The number of anilines is 1. The minimum Gasteiger partial charge on any atom is -0.444 e. The summed E-state index contributed by atoms with van der Waals surface area (Å²) in [5.74, 6) is -8.19. The summed E-state index contributed by atoms with van der Waals surface area (Å²) >= 11 is 5.27. The Morgan fingerprint density at radius 2 is 1.64 bits per heavy atom. The Balaban J connectivity index is 3.08. The Morgan fingerprint density at radius 3 is 2.09 bits per heavy atom. The Kier molecular flexibility index (Phi) is 4.80. The number of carbonyl (C=O) groups is 1. The highest BCUT2D eigenvalue weighted by molar-refractivity contribution is 6.28. The molecule has 0 saturated heterocycles. The first-order valence-corrected chi connectivity index (χ1v) is 5.97. The number of aromatic nitrogens is 3. The molecule has 12 heteroatoms. The van der Waals surface area contributed by atoms with Crippen molar-refractivity contribution in [3.05, 3.63) is 11.1 Å². The van der Waals surface area contributed by atoms with Crippen LogP contribution >= 0.6 is 11.6 Å². The molecule has 6 nitrogen and oxygen atoms in total. The molecule has 0 fully saturated rings. The highest BCUT2D eigenvalue weighted by Gasteiger charge is 2.61. The summed E-state index contributed by atoms with van der Waals surface area (Å²) in [6, 6.07) is 0. The SMILES string of the molecule is CC(C)(C)OC(=O)Nc1nc(Cl)nc(C(F)(F)C(F)(F)F)n1. The fourth-order valence-electron chi connectivity index (χ4n) is 1.07. The van der Waals surface area contributed by atoms with Crippen LogP contribution in [0.5, 0.6) is 0 Å². The molecular weight excluding hydrogens is 339 g/mol. The third kappa shape index (κ3) is 4.61. The molecule has 0 unspecified atom stereocenters. The molecule has 0 aliphatic carbocycles. The van der Waals surface area contributed by atoms with Crippen molar-refractivity contribution < 1.29 is 31.5 Å². The van der Waals surface area contributed by atoms with E-state index < -0.39 is 40.8 Å². The second-order valence-corrected chi connectivity index (χ2v) is 5.29. The molecule has 124 valence electrons. The van der Waals surface area contributed by atoms with Gasteiger partial charge in [0.25, 0.3) is 0 Å². The molecule has 22 heavy (non-hydrogen) atoms. The van der Waals surface area contributed by atoms with Crippen molar-refractivity contribution in [3.63, 3.8) is 0 Å². The van der Waals surface area contributed by atoms with Gasteiger partial charge in [0.15, 0.2) is 0 Å². The Hall–Kier alpha value is -1.78. The number of nitrogens with one attached hydrogen (secondary N) is 1. The lowest BCUT2D eigenvalue weighted by atomic mass is 10.2. The van der Waals surface area contributed by atoms with E-state index >= 15 is 0 Å². The molecule has 0 aliphatic rings. The van der Waals surface area contributed by atoms with Crippen LogP contribution in [0.2, 0.25) is 5.28 Å². The molecule has 1 rings (SSSR count). The first-order valence-electron chi connectivity index (χ1n) is 5.59. The lowest BCUT2D eigenvalue weighted by Gasteiger charge is -2.20. The zero-order valence-electron chi connectivity index (χ0n) is 11.4. The number of ether oxygens (including phenoxy) is 1. The summed E-state index contributed by atoms with van der Waals surface area (Å²) in [6.07, 6.45) is -7.09. The number of alkyl halides is 5. The first-order chi connectivity index (χ1) is 9.72. The number of halogens is 6. The van der Waals surface area contributed by atoms with E-state index in [0.717, 1.165) is 0 Å². The zero-order valence-corrected chi connectivity index (χ0v) is 12.2. The summed E-state index contributed by atoms with van der Waals surface area (Å²) in [7, 11) is 0. The fraction of sp³-hybridized carbons (Fsp3) is 0.600. The average molecular weight is 349 g/mol. The predicted molar refractivity (Wildman–Crippen MR) is 64.6 cm³/mol. The van der Waals surface area contributed by atoms with Crippen LogP contribution in [-0.4, -0.2) is 32.8 Å². The van der Waals surface area contributed by atoms with Gasteiger partial charge < -0.3 is 4.74 Å². The van der Waals surface area contributed by atoms with Crippen LogP contribution in [0.1, 0.15) is 26.6 Å². The fourth-order valence-corrected chi connectivity index (χ4v) is 1.23. The van der Waals surface area contributed by atoms with Gasteiger partial charge >= 0.3 is 18.2 Å². The van der Waals surface area contributed by atoms with E-state index in [0.29, 0.717) is 0 Å². The number of amides is 1. The van der Waals surface area contributed by atoms with Crippen LogP contribution in [0, 0.1) is 0 Å². The minimum atomic E-state index is -5.93. The van der Waals surface area contributed by atoms with Gasteiger partial charge in [0, 0.05) is 0 Å². The van der Waals surface area contributed by atoms with Crippen LogP contribution < -0.4 is 5.32 Å². The smallest absolute Gasteiger partial charge is 0.444 e. The van der Waals surface area contributed by atoms with E-state index in [4.69, 9.17) is 16.3 Å². The number of hydrogen-bond acceptors (Lipinski definition) is 5. The van der Waals surface area contributed by atoms with E-state index in [1.165, 1.54) is 20.8 Å². The summed E-state index contributed by atoms with van der Waals surface area (Å²) < 4.78 is 67.9. The van der Waals surface area contributed by atoms with Crippen LogP contribution in [0.15, 0.2) is 0 Å². The molecule has 0 bridgehead atoms. The van der Waals surface area contributed by atoms with Crippen molar-refractivity contribution in [2.45, 2.75) is 38.5 Å². The van der Waals surface area contributed by atoms with Crippen molar-refractivity contribution in [1.29, 1.82) is 0 Å². The molecular formula is C10H10ClF5N4O2. The highest BCUT2D eigenvalue weighted by atomic mass is 35.5. The second kappa shape index (κ2) is 5.78. The van der Waals surface area contributed by atoms with E-state index in [2.05, 4.69) is 15.0 Å². The summed E-state index contributed by atoms with van der Waals surface area (Å²) in [5.41, 5.74) is -0.931. The lowest BCUT2D eigenvalue weighted by Crippen LogP contribution is -2.36. The normalized spacial score (nSPS) is 13.0. The van der Waals surface area contributed by atoms with Gasteiger partial charge in [-0.05, 0) is 32.4 Å². The van der Waals surface area contributed by atoms with Gasteiger partial charge in [-0.15, -0.1) is 0 Å². The van der Waals surface area contributed by atoms with E-state index in [-0.39, 0.29) is 0 Å². The Morgan fingerprint density at radius 1 is 1.09 bits per heavy atom. The van der Waals surface area contributed by atoms with Gasteiger partial charge in [-0.3, -0.25) is 5.32 Å². The number of hydrogen-bond donors (Lipinski definition) is 1. The van der Waals surface area contributed by atoms with Crippen LogP contribution in [0.4, 0.5) is 32.7 Å². The molecule has 0 aliphatic heterocycles. The number of carbonyl (C=O) groups excluding carboxylic acids is 1. The van der Waals surface area contributed by atoms with Crippen LogP contribution in [0.3, 0.4) is 0 Å². The monoisotopic (exact) mass is 348 g/mol. The Labute approximate surface area is 126 Å². The van der Waals surface area contributed by atoms with E-state index in [1.807, 2.05) is 0 Å². The van der Waals surface area contributed by atoms with Gasteiger partial charge in [0.2, 0.25) is 17.1 Å². The van der Waals surface area contributed by atoms with Gasteiger partial charge in [-0.1, -0.05) is 0 Å². The third-order valence-electron chi connectivity index (χ3n) is 1.86. The quantitative estimate of drug-likeness (QED) is 0.827. The maximum atomic E-state index is 13.2. The van der Waals surface area contributed by atoms with Gasteiger partial charge in [-0.25, -0.2) is 4.79 Å². The zero-order chi connectivity index (χ0) is 17.3. The molecule has 1 aromatic heterocycles. The van der Waals surface area contributed by atoms with Crippen molar-refractivity contribution in [2.24, 2.45) is 0 Å². The van der Waals surface area contributed by atoms with Gasteiger partial charge in [0.1, 0.15) is 5.60 Å². The average Bonchev–Trinajstić information content (AvgIpc) is 2.23. The van der Waals surface area contributed by atoms with Crippen molar-refractivity contribution >= 4 is 23.6 Å². The molecule has 0 atom stereocenters. The largest absolute Gasteiger partial charge is 0.461 e. The van der Waals surface area contributed by atoms with Gasteiger partial charge in [-0.2, -0.15) is 36.9 Å². The van der Waals surface area contributed by atoms with Crippen molar-refractivity contribution in [3.8, 4) is 0 Å². The standard InChI is InChI=1S/C10H10ClF5N4O2/c1-8(2,3)22-7(21)20-6-18-4(17-5(11)19-6)9(12,13)10(14,15)16/h1-3H3,(H,17,18,19,20,21). The molecule has 0 radical (unpaired) electrons. The molecule has 0 aromatic carbocycles.